The minimum absolute atomic E-state index is 0.141. The van der Waals surface area contributed by atoms with Gasteiger partial charge in [-0.2, -0.15) is 0 Å². The zero-order chi connectivity index (χ0) is 55.2. The van der Waals surface area contributed by atoms with Crippen molar-refractivity contribution in [3.05, 3.63) is 83.0 Å². The van der Waals surface area contributed by atoms with Crippen LogP contribution < -0.4 is 9.80 Å². The summed E-state index contributed by atoms with van der Waals surface area (Å²) in [6, 6.07) is 19.4. The van der Waals surface area contributed by atoms with Gasteiger partial charge in [-0.1, -0.05) is 86.8 Å². The van der Waals surface area contributed by atoms with Crippen LogP contribution >= 0.6 is 0 Å². The summed E-state index contributed by atoms with van der Waals surface area (Å²) in [4.78, 5) is 29.4. The summed E-state index contributed by atoms with van der Waals surface area (Å²) in [5.41, 5.74) is 5.33. The topological polar surface area (TPSA) is 81.1 Å². The molecule has 6 nitrogen and oxygen atoms in total. The molecule has 76 heavy (non-hydrogen) atoms. The van der Waals surface area contributed by atoms with E-state index in [0.717, 1.165) is 64.2 Å². The van der Waals surface area contributed by atoms with E-state index in [9.17, 15) is 19.8 Å². The summed E-state index contributed by atoms with van der Waals surface area (Å²) < 4.78 is 0. The van der Waals surface area contributed by atoms with Crippen molar-refractivity contribution in [3.8, 4) is 23.7 Å². The Balaban J connectivity index is 0.000000186. The van der Waals surface area contributed by atoms with Crippen LogP contribution in [-0.2, 0) is 9.59 Å². The summed E-state index contributed by atoms with van der Waals surface area (Å²) in [7, 11) is 4.32. The third kappa shape index (κ3) is 10.0. The quantitative estimate of drug-likeness (QED) is 0.281. The average molecular weight is 1030 g/mol. The third-order valence-electron chi connectivity index (χ3n) is 22.0. The molecule has 16 atom stereocenters. The highest BCUT2D eigenvalue weighted by Gasteiger charge is 2.68. The number of nitrogens with zero attached hydrogens (tertiary/aromatic N) is 2. The molecule has 0 bridgehead atoms. The molecule has 0 unspecified atom stereocenters. The van der Waals surface area contributed by atoms with Gasteiger partial charge in [-0.15, -0.1) is 0 Å². The predicted molar refractivity (Wildman–Crippen MR) is 314 cm³/mol. The van der Waals surface area contributed by atoms with Gasteiger partial charge in [0.05, 0.1) is 0 Å². The molecule has 6 heteroatoms. The molecular formula is C70H98N2O4. The molecular weight excluding hydrogens is 933 g/mol. The Bertz CT molecular complexity index is 2510. The highest BCUT2D eigenvalue weighted by Crippen LogP contribution is 2.71. The Morgan fingerprint density at radius 3 is 1.20 bits per heavy atom. The maximum atomic E-state index is 12.4. The first kappa shape index (κ1) is 56.6. The lowest BCUT2D eigenvalue weighted by atomic mass is 9.46. The van der Waals surface area contributed by atoms with Gasteiger partial charge in [0.25, 0.3) is 0 Å². The lowest BCUT2D eigenvalue weighted by Gasteiger charge is -2.58. The van der Waals surface area contributed by atoms with Crippen molar-refractivity contribution < 1.29 is 19.8 Å². The van der Waals surface area contributed by atoms with Crippen LogP contribution in [0.5, 0.6) is 0 Å². The summed E-state index contributed by atoms with van der Waals surface area (Å²) in [6.07, 6.45) is 15.7. The van der Waals surface area contributed by atoms with E-state index in [1.807, 2.05) is 12.2 Å². The second kappa shape index (κ2) is 20.5. The molecule has 2 aromatic carbocycles. The van der Waals surface area contributed by atoms with Crippen molar-refractivity contribution in [2.75, 3.05) is 23.9 Å². The molecule has 6 fully saturated rings. The van der Waals surface area contributed by atoms with Crippen molar-refractivity contribution >= 4 is 22.9 Å². The minimum atomic E-state index is -0.982. The number of allylic oxidation sites excluding steroid dienone is 2. The molecule has 0 aromatic heterocycles. The lowest BCUT2D eigenvalue weighted by molar-refractivity contribution is -0.118. The summed E-state index contributed by atoms with van der Waals surface area (Å²) in [5.74, 6) is 19.6. The first-order chi connectivity index (χ1) is 35.5. The highest BCUT2D eigenvalue weighted by atomic mass is 16.3. The first-order valence-electron chi connectivity index (χ1n) is 30.2. The van der Waals surface area contributed by atoms with Crippen molar-refractivity contribution in [1.29, 1.82) is 0 Å². The number of hydrogen-bond acceptors (Lipinski definition) is 6. The number of hydrogen-bond donors (Lipinski definition) is 2. The number of benzene rings is 2. The summed E-state index contributed by atoms with van der Waals surface area (Å²) in [5, 5.41) is 24.9. The van der Waals surface area contributed by atoms with E-state index in [1.165, 1.54) is 33.6 Å². The largest absolute Gasteiger partial charge is 0.377 e. The molecule has 0 amide bonds. The second-order valence-electron chi connectivity index (χ2n) is 29.3. The zero-order valence-electron chi connectivity index (χ0n) is 49.9. The molecule has 6 saturated carbocycles. The van der Waals surface area contributed by atoms with Gasteiger partial charge in [-0.25, -0.2) is 0 Å². The maximum Gasteiger partial charge on any atom is 0.155 e. The second-order valence-corrected chi connectivity index (χ2v) is 29.3. The molecule has 0 aliphatic heterocycles. The Morgan fingerprint density at radius 2 is 0.882 bits per heavy atom. The molecule has 0 radical (unpaired) electrons. The van der Waals surface area contributed by atoms with Gasteiger partial charge in [0.1, 0.15) is 11.2 Å². The summed E-state index contributed by atoms with van der Waals surface area (Å²) >= 11 is 0. The molecule has 2 aromatic rings. The van der Waals surface area contributed by atoms with Crippen molar-refractivity contribution in [3.63, 3.8) is 0 Å². The Morgan fingerprint density at radius 1 is 0.539 bits per heavy atom. The van der Waals surface area contributed by atoms with Crippen LogP contribution in [0.25, 0.3) is 0 Å². The van der Waals surface area contributed by atoms with E-state index >= 15 is 0 Å². The number of fused-ring (bicyclic) bond motifs is 10. The van der Waals surface area contributed by atoms with Crippen LogP contribution in [0, 0.1) is 105 Å². The van der Waals surface area contributed by atoms with Crippen molar-refractivity contribution in [2.45, 2.75) is 209 Å². The number of aliphatic hydroxyl groups is 2. The smallest absolute Gasteiger partial charge is 0.155 e. The van der Waals surface area contributed by atoms with E-state index in [0.29, 0.717) is 95.7 Å². The number of anilines is 2. The molecule has 0 heterocycles. The lowest BCUT2D eigenvalue weighted by Crippen LogP contribution is -2.55. The summed E-state index contributed by atoms with van der Waals surface area (Å²) in [6.45, 7) is 30.9. The molecule has 8 aliphatic rings. The van der Waals surface area contributed by atoms with Crippen LogP contribution in [0.15, 0.2) is 71.8 Å². The molecule has 0 saturated heterocycles. The van der Waals surface area contributed by atoms with Crippen LogP contribution in [0.4, 0.5) is 11.4 Å². The van der Waals surface area contributed by atoms with Crippen LogP contribution in [0.2, 0.25) is 0 Å². The van der Waals surface area contributed by atoms with Gasteiger partial charge in [0.15, 0.2) is 11.6 Å². The van der Waals surface area contributed by atoms with Crippen LogP contribution in [-0.4, -0.2) is 59.2 Å². The first-order valence-corrected chi connectivity index (χ1v) is 30.2. The standard InChI is InChI=1S/2C35H49NO2/c2*1-22(2)36(8)26-12-9-24(10-13-26)30-21-34(7)31(19-23(3)35(34,38)18-17-33(4,5)6)29-15-11-25-20-27(37)14-16-28(25)32(29)30/h2*9-10,12-13,20,22-23,28-32,38H,11,14-16,19,21H2,1-8H3/t23-,28+,29+,30-,31+,32-,34+,35+;23-,28-,29-,30+,31-,32+,34-,35-/m10/s1. The van der Waals surface area contributed by atoms with Crippen LogP contribution in [0.3, 0.4) is 0 Å². The van der Waals surface area contributed by atoms with Crippen LogP contribution in [0.1, 0.15) is 197 Å². The number of ketones is 2. The fraction of sp³-hybridized carbons (Fsp3) is 0.686. The molecule has 10 rings (SSSR count). The Hall–Kier alpha value is -4.10. The van der Waals surface area contributed by atoms with Gasteiger partial charge in [-0.05, 0) is 252 Å². The molecule has 2 N–H and O–H groups in total. The fourth-order valence-electron chi connectivity index (χ4n) is 17.6. The van der Waals surface area contributed by atoms with Gasteiger partial charge in [-0.3, -0.25) is 9.59 Å². The molecule has 0 spiro atoms. The fourth-order valence-corrected chi connectivity index (χ4v) is 17.6. The number of carbonyl (C=O) groups is 2. The molecule has 412 valence electrons. The van der Waals surface area contributed by atoms with Crippen molar-refractivity contribution in [1.82, 2.24) is 0 Å². The van der Waals surface area contributed by atoms with Gasteiger partial charge < -0.3 is 20.0 Å². The van der Waals surface area contributed by atoms with E-state index in [2.05, 4.69) is 193 Å². The van der Waals surface area contributed by atoms with Gasteiger partial charge in [0, 0.05) is 72.1 Å². The average Bonchev–Trinajstić information content (AvgIpc) is 3.85. The minimum Gasteiger partial charge on any atom is -0.377 e. The van der Waals surface area contributed by atoms with E-state index in [1.54, 1.807) is 0 Å². The van der Waals surface area contributed by atoms with Gasteiger partial charge >= 0.3 is 0 Å². The third-order valence-corrected chi connectivity index (χ3v) is 22.0. The van der Waals surface area contributed by atoms with E-state index in [4.69, 9.17) is 0 Å². The van der Waals surface area contributed by atoms with E-state index in [-0.39, 0.29) is 33.5 Å². The normalized spacial score (nSPS) is 38.5. The van der Waals surface area contributed by atoms with Crippen molar-refractivity contribution in [2.24, 2.45) is 80.8 Å². The maximum absolute atomic E-state index is 12.4. The SMILES string of the molecule is CC(C)N(C)c1ccc([C@H]2C[C@@]3(C)[C@@H](C[C@@H](C)[C@@]3(O)C#CC(C)(C)C)[C@@H]3CCC4=CC(=O)CC[C@@H]4[C@H]32)cc1.CC(C)N(C)c1ccc([C@H]2C[C@@]3(C)[C@@H](C[C@H](C)[C@@]3(O)C#CC(C)(C)C)[C@@H]3CCC4=CC(=O)CC[C@@H]4[C@H]32)cc1. The highest BCUT2D eigenvalue weighted by molar-refractivity contribution is 5.92. The number of carbonyl (C=O) groups excluding carboxylic acids is 2. The number of rotatable bonds is 6. The predicted octanol–water partition coefficient (Wildman–Crippen LogP) is 14.8. The van der Waals surface area contributed by atoms with E-state index < -0.39 is 11.2 Å². The molecule has 8 aliphatic carbocycles. The van der Waals surface area contributed by atoms with Gasteiger partial charge in [0.2, 0.25) is 0 Å². The Kier molecular flexibility index (Phi) is 15.3. The monoisotopic (exact) mass is 1030 g/mol. The zero-order valence-corrected chi connectivity index (χ0v) is 49.9. The Labute approximate surface area is 461 Å².